The van der Waals surface area contributed by atoms with Gasteiger partial charge < -0.3 is 23.6 Å². The maximum absolute atomic E-state index is 12.4. The van der Waals surface area contributed by atoms with E-state index in [2.05, 4.69) is 24.8 Å². The number of ether oxygens (including phenoxy) is 3. The van der Waals surface area contributed by atoms with Crippen molar-refractivity contribution in [1.82, 2.24) is 15.1 Å². The minimum atomic E-state index is -4.74. The van der Waals surface area contributed by atoms with Gasteiger partial charge in [-0.1, -0.05) is 18.2 Å². The van der Waals surface area contributed by atoms with Crippen LogP contribution >= 0.6 is 0 Å². The zero-order valence-corrected chi connectivity index (χ0v) is 17.8. The first kappa shape index (κ1) is 22.0. The molecule has 1 aliphatic rings. The first-order valence-corrected chi connectivity index (χ1v) is 10.5. The molecule has 0 atom stereocenters. The number of rotatable bonds is 6. The van der Waals surface area contributed by atoms with E-state index in [1.165, 1.54) is 12.1 Å². The van der Waals surface area contributed by atoms with Crippen LogP contribution in [0.4, 0.5) is 19.0 Å². The zero-order valence-electron chi connectivity index (χ0n) is 17.8. The summed E-state index contributed by atoms with van der Waals surface area (Å²) in [6.45, 7) is 2.92. The number of nitrogens with zero attached hydrogens (tertiary/aromatic N) is 4. The van der Waals surface area contributed by atoms with E-state index in [4.69, 9.17) is 14.0 Å². The summed E-state index contributed by atoms with van der Waals surface area (Å²) in [6.07, 6.45) is -3.05. The van der Waals surface area contributed by atoms with Gasteiger partial charge in [-0.2, -0.15) is 0 Å². The van der Waals surface area contributed by atoms with E-state index in [-0.39, 0.29) is 18.2 Å². The molecule has 0 spiro atoms. The molecule has 4 aromatic rings. The molecule has 11 heteroatoms. The molecule has 0 radical (unpaired) electrons. The van der Waals surface area contributed by atoms with E-state index >= 15 is 0 Å². The van der Waals surface area contributed by atoms with Gasteiger partial charge in [0.15, 0.2) is 11.4 Å². The van der Waals surface area contributed by atoms with Gasteiger partial charge in [-0.15, -0.1) is 13.2 Å². The second kappa shape index (κ2) is 9.18. The number of halogens is 3. The summed E-state index contributed by atoms with van der Waals surface area (Å²) in [7, 11) is 0. The van der Waals surface area contributed by atoms with Crippen LogP contribution in [0.1, 0.15) is 5.82 Å². The van der Waals surface area contributed by atoms with Gasteiger partial charge in [0, 0.05) is 19.3 Å². The molecule has 0 aliphatic carbocycles. The van der Waals surface area contributed by atoms with Gasteiger partial charge in [0.2, 0.25) is 0 Å². The fourth-order valence-corrected chi connectivity index (χ4v) is 3.61. The summed E-state index contributed by atoms with van der Waals surface area (Å²) >= 11 is 0. The third-order valence-corrected chi connectivity index (χ3v) is 5.22. The predicted molar refractivity (Wildman–Crippen MR) is 116 cm³/mol. The second-order valence-corrected chi connectivity index (χ2v) is 7.49. The Morgan fingerprint density at radius 3 is 2.50 bits per heavy atom. The van der Waals surface area contributed by atoms with Gasteiger partial charge in [-0.25, -0.2) is 9.97 Å². The molecule has 0 unspecified atom stereocenters. The lowest BCUT2D eigenvalue weighted by Gasteiger charge is -2.27. The standard InChI is InChI=1S/C23H19F3N4O4/c24-23(25,26)33-17-4-1-15(2-5-17)16-3-6-19-18(13-16)22(29-34-19)32-14-20-27-8-7-21(28-20)30-9-11-31-12-10-30/h1-8,13H,9-12,14H2. The number of anilines is 1. The van der Waals surface area contributed by atoms with Crippen LogP contribution in [0.3, 0.4) is 0 Å². The lowest BCUT2D eigenvalue weighted by molar-refractivity contribution is -0.274. The lowest BCUT2D eigenvalue weighted by Crippen LogP contribution is -2.36. The maximum Gasteiger partial charge on any atom is 0.573 e. The summed E-state index contributed by atoms with van der Waals surface area (Å²) in [6, 6.07) is 12.8. The molecular formula is C23H19F3N4O4. The average Bonchev–Trinajstić information content (AvgIpc) is 3.25. The summed E-state index contributed by atoms with van der Waals surface area (Å²) in [5.74, 6) is 1.29. The smallest absolute Gasteiger partial charge is 0.467 e. The van der Waals surface area contributed by atoms with Crippen molar-refractivity contribution in [2.24, 2.45) is 0 Å². The Kier molecular flexibility index (Phi) is 5.93. The highest BCUT2D eigenvalue weighted by atomic mass is 19.4. The van der Waals surface area contributed by atoms with Gasteiger partial charge in [-0.05, 0) is 46.6 Å². The first-order chi connectivity index (χ1) is 16.4. The molecule has 2 aromatic carbocycles. The van der Waals surface area contributed by atoms with E-state index in [9.17, 15) is 13.2 Å². The largest absolute Gasteiger partial charge is 0.573 e. The number of hydrogen-bond donors (Lipinski definition) is 0. The molecule has 176 valence electrons. The first-order valence-electron chi connectivity index (χ1n) is 10.5. The van der Waals surface area contributed by atoms with Crippen molar-refractivity contribution in [2.75, 3.05) is 31.2 Å². The van der Waals surface area contributed by atoms with E-state index in [0.29, 0.717) is 35.6 Å². The molecule has 0 bridgehead atoms. The predicted octanol–water partition coefficient (Wildman–Crippen LogP) is 4.60. The van der Waals surface area contributed by atoms with Crippen LogP contribution in [0.25, 0.3) is 22.1 Å². The van der Waals surface area contributed by atoms with Crippen LogP contribution < -0.4 is 14.4 Å². The van der Waals surface area contributed by atoms with Crippen molar-refractivity contribution in [1.29, 1.82) is 0 Å². The fourth-order valence-electron chi connectivity index (χ4n) is 3.61. The third-order valence-electron chi connectivity index (χ3n) is 5.22. The summed E-state index contributed by atoms with van der Waals surface area (Å²) in [5, 5.41) is 4.61. The highest BCUT2D eigenvalue weighted by Gasteiger charge is 2.31. The van der Waals surface area contributed by atoms with Gasteiger partial charge in [0.05, 0.1) is 18.6 Å². The number of benzene rings is 2. The summed E-state index contributed by atoms with van der Waals surface area (Å²) in [5.41, 5.74) is 1.97. The minimum Gasteiger partial charge on any atom is -0.467 e. The Morgan fingerprint density at radius 2 is 1.74 bits per heavy atom. The van der Waals surface area contributed by atoms with Crippen molar-refractivity contribution in [2.45, 2.75) is 13.0 Å². The second-order valence-electron chi connectivity index (χ2n) is 7.49. The number of hydrogen-bond acceptors (Lipinski definition) is 8. The molecule has 0 saturated carbocycles. The van der Waals surface area contributed by atoms with E-state index < -0.39 is 6.36 Å². The molecule has 0 N–H and O–H groups in total. The number of alkyl halides is 3. The molecule has 34 heavy (non-hydrogen) atoms. The summed E-state index contributed by atoms with van der Waals surface area (Å²) < 4.78 is 57.6. The van der Waals surface area contributed by atoms with Crippen molar-refractivity contribution in [3.8, 4) is 22.8 Å². The Balaban J connectivity index is 1.32. The maximum atomic E-state index is 12.4. The minimum absolute atomic E-state index is 0.0908. The van der Waals surface area contributed by atoms with Crippen molar-refractivity contribution in [3.05, 3.63) is 60.6 Å². The average molecular weight is 472 g/mol. The topological polar surface area (TPSA) is 82.7 Å². The molecule has 1 aliphatic heterocycles. The van der Waals surface area contributed by atoms with E-state index in [1.807, 2.05) is 6.07 Å². The van der Waals surface area contributed by atoms with Crippen LogP contribution in [0.15, 0.2) is 59.3 Å². The van der Waals surface area contributed by atoms with E-state index in [1.54, 1.807) is 36.5 Å². The number of morpholine rings is 1. The molecule has 3 heterocycles. The Labute approximate surface area is 191 Å². The Hall–Kier alpha value is -3.86. The number of aromatic nitrogens is 3. The molecule has 8 nitrogen and oxygen atoms in total. The van der Waals surface area contributed by atoms with E-state index in [0.717, 1.165) is 24.5 Å². The number of fused-ring (bicyclic) bond motifs is 1. The lowest BCUT2D eigenvalue weighted by atomic mass is 10.0. The Bertz CT molecular complexity index is 1270. The van der Waals surface area contributed by atoms with Gasteiger partial charge in [-0.3, -0.25) is 0 Å². The van der Waals surface area contributed by atoms with Crippen LogP contribution in [0, 0.1) is 0 Å². The van der Waals surface area contributed by atoms with Crippen LogP contribution in [-0.2, 0) is 11.3 Å². The molecule has 1 fully saturated rings. The van der Waals surface area contributed by atoms with Crippen LogP contribution in [0.2, 0.25) is 0 Å². The fraction of sp³-hybridized carbons (Fsp3) is 0.261. The molecule has 1 saturated heterocycles. The molecule has 0 amide bonds. The highest BCUT2D eigenvalue weighted by Crippen LogP contribution is 2.32. The van der Waals surface area contributed by atoms with Gasteiger partial charge in [0.1, 0.15) is 18.2 Å². The van der Waals surface area contributed by atoms with Crippen LogP contribution in [-0.4, -0.2) is 47.8 Å². The third kappa shape index (κ3) is 5.04. The molecule has 5 rings (SSSR count). The molecule has 2 aromatic heterocycles. The van der Waals surface area contributed by atoms with Crippen molar-refractivity contribution < 1.29 is 31.9 Å². The zero-order chi connectivity index (χ0) is 23.5. The van der Waals surface area contributed by atoms with Crippen LogP contribution in [0.5, 0.6) is 11.6 Å². The van der Waals surface area contributed by atoms with Crippen molar-refractivity contribution in [3.63, 3.8) is 0 Å². The summed E-state index contributed by atoms with van der Waals surface area (Å²) in [4.78, 5) is 10.9. The Morgan fingerprint density at radius 1 is 0.971 bits per heavy atom. The quantitative estimate of drug-likeness (QED) is 0.403. The van der Waals surface area contributed by atoms with Gasteiger partial charge >= 0.3 is 6.36 Å². The van der Waals surface area contributed by atoms with Gasteiger partial charge in [0.25, 0.3) is 5.88 Å². The normalized spacial score (nSPS) is 14.4. The monoisotopic (exact) mass is 472 g/mol. The highest BCUT2D eigenvalue weighted by molar-refractivity contribution is 5.87. The molecular weight excluding hydrogens is 453 g/mol. The SMILES string of the molecule is FC(F)(F)Oc1ccc(-c2ccc3onc(OCc4nccc(N5CCOCC5)n4)c3c2)cc1. The van der Waals surface area contributed by atoms with Crippen molar-refractivity contribution >= 4 is 16.8 Å².